The molecule has 1 rings (SSSR count). The maximum absolute atomic E-state index is 3.50. The van der Waals surface area contributed by atoms with Gasteiger partial charge in [0.05, 0.1) is 0 Å². The molecule has 0 aliphatic heterocycles. The number of halogens is 3. The molecule has 1 aromatic carbocycles. The Morgan fingerprint density at radius 2 is 1.33 bits per heavy atom. The van der Waals surface area contributed by atoms with Crippen molar-refractivity contribution in [2.24, 2.45) is 0 Å². The minimum Gasteiger partial charge on any atom is -0.0876 e. The van der Waals surface area contributed by atoms with Crippen LogP contribution in [-0.4, -0.2) is 0 Å². The van der Waals surface area contributed by atoms with Gasteiger partial charge in [0, 0.05) is 16.0 Å². The molecule has 0 bridgehead atoms. The second-order valence-electron chi connectivity index (χ2n) is 2.46. The summed E-state index contributed by atoms with van der Waals surface area (Å²) >= 11 is 10.5. The third kappa shape index (κ3) is 2.33. The first-order chi connectivity index (χ1) is 5.83. The Bertz CT molecular complexity index is 236. The molecular formula is C9H9Br3. The van der Waals surface area contributed by atoms with E-state index in [-0.39, 0.29) is 0 Å². The van der Waals surface area contributed by atoms with Crippen LogP contribution in [0.25, 0.3) is 0 Å². The van der Waals surface area contributed by atoms with Crippen molar-refractivity contribution in [1.29, 1.82) is 0 Å². The molecule has 0 aliphatic rings. The molecule has 0 aromatic heterocycles. The molecule has 0 heterocycles. The first kappa shape index (κ1) is 10.7. The lowest BCUT2D eigenvalue weighted by atomic mass is 10.1. The summed E-state index contributed by atoms with van der Waals surface area (Å²) in [7, 11) is 0. The molecule has 12 heavy (non-hydrogen) atoms. The van der Waals surface area contributed by atoms with Crippen LogP contribution in [0, 0.1) is 0 Å². The summed E-state index contributed by atoms with van der Waals surface area (Å²) in [5.74, 6) is 0. The Kier molecular flexibility index (Phi) is 4.84. The quantitative estimate of drug-likeness (QED) is 0.705. The molecule has 0 aliphatic carbocycles. The van der Waals surface area contributed by atoms with Gasteiger partial charge in [0.1, 0.15) is 0 Å². The van der Waals surface area contributed by atoms with Crippen LogP contribution < -0.4 is 0 Å². The maximum atomic E-state index is 3.50. The lowest BCUT2D eigenvalue weighted by molar-refractivity contribution is 1.23. The van der Waals surface area contributed by atoms with Crippen molar-refractivity contribution < 1.29 is 0 Å². The van der Waals surface area contributed by atoms with E-state index in [0.29, 0.717) is 0 Å². The smallest absolute Gasteiger partial charge is 0.0289 e. The molecule has 0 fully saturated rings. The van der Waals surface area contributed by atoms with Gasteiger partial charge in [-0.05, 0) is 16.7 Å². The van der Waals surface area contributed by atoms with E-state index in [9.17, 15) is 0 Å². The van der Waals surface area contributed by atoms with Crippen LogP contribution in [0.1, 0.15) is 16.7 Å². The number of hydrogen-bond acceptors (Lipinski definition) is 0. The summed E-state index contributed by atoms with van der Waals surface area (Å²) in [5.41, 5.74) is 4.12. The van der Waals surface area contributed by atoms with Crippen LogP contribution in [0.15, 0.2) is 18.2 Å². The summed E-state index contributed by atoms with van der Waals surface area (Å²) < 4.78 is 0. The van der Waals surface area contributed by atoms with E-state index in [1.54, 1.807) is 0 Å². The minimum atomic E-state index is 0.925. The second kappa shape index (κ2) is 5.40. The van der Waals surface area contributed by atoms with Crippen LogP contribution in [0.4, 0.5) is 0 Å². The van der Waals surface area contributed by atoms with Crippen molar-refractivity contribution >= 4 is 47.8 Å². The standard InChI is InChI=1S/C9H9Br3/c10-4-7-2-1-3-8(5-11)9(7)6-12/h1-3H,4-6H2. The highest BCUT2D eigenvalue weighted by Crippen LogP contribution is 2.22. The van der Waals surface area contributed by atoms with Gasteiger partial charge in [-0.15, -0.1) is 0 Å². The first-order valence-corrected chi connectivity index (χ1v) is 6.97. The largest absolute Gasteiger partial charge is 0.0876 e. The van der Waals surface area contributed by atoms with Crippen LogP contribution >= 0.6 is 47.8 Å². The lowest BCUT2D eigenvalue weighted by Gasteiger charge is -2.08. The number of benzene rings is 1. The Morgan fingerprint density at radius 3 is 1.67 bits per heavy atom. The predicted molar refractivity (Wildman–Crippen MR) is 64.3 cm³/mol. The Balaban J connectivity index is 3.13. The zero-order valence-corrected chi connectivity index (χ0v) is 11.2. The van der Waals surface area contributed by atoms with Crippen molar-refractivity contribution in [3.63, 3.8) is 0 Å². The average molecular weight is 357 g/mol. The van der Waals surface area contributed by atoms with Crippen molar-refractivity contribution in [1.82, 2.24) is 0 Å². The van der Waals surface area contributed by atoms with E-state index >= 15 is 0 Å². The molecule has 3 heteroatoms. The van der Waals surface area contributed by atoms with Gasteiger partial charge in [-0.2, -0.15) is 0 Å². The van der Waals surface area contributed by atoms with E-state index in [4.69, 9.17) is 0 Å². The minimum absolute atomic E-state index is 0.925. The third-order valence-electron chi connectivity index (χ3n) is 1.79. The molecule has 0 nitrogen and oxygen atoms in total. The molecule has 0 saturated carbocycles. The third-order valence-corrected chi connectivity index (χ3v) is 3.56. The molecule has 1 aromatic rings. The molecule has 0 saturated heterocycles. The van der Waals surface area contributed by atoms with E-state index in [1.807, 2.05) is 0 Å². The van der Waals surface area contributed by atoms with Gasteiger partial charge < -0.3 is 0 Å². The second-order valence-corrected chi connectivity index (χ2v) is 4.14. The Morgan fingerprint density at radius 1 is 0.833 bits per heavy atom. The predicted octanol–water partition coefficient (Wildman–Crippen LogP) is 4.37. The molecule has 0 unspecified atom stereocenters. The fraction of sp³-hybridized carbons (Fsp3) is 0.333. The molecule has 0 atom stereocenters. The summed E-state index contributed by atoms with van der Waals surface area (Å²) in [6.07, 6.45) is 0. The summed E-state index contributed by atoms with van der Waals surface area (Å²) in [6.45, 7) is 0. The topological polar surface area (TPSA) is 0 Å². The number of alkyl halides is 3. The van der Waals surface area contributed by atoms with Crippen molar-refractivity contribution in [3.8, 4) is 0 Å². The molecule has 0 amide bonds. The van der Waals surface area contributed by atoms with E-state index in [0.717, 1.165) is 16.0 Å². The summed E-state index contributed by atoms with van der Waals surface area (Å²) in [6, 6.07) is 6.40. The SMILES string of the molecule is BrCc1cccc(CBr)c1CBr. The molecule has 0 N–H and O–H groups in total. The number of hydrogen-bond donors (Lipinski definition) is 0. The Hall–Kier alpha value is 0.660. The highest BCUT2D eigenvalue weighted by atomic mass is 79.9. The van der Waals surface area contributed by atoms with Crippen molar-refractivity contribution in [2.45, 2.75) is 16.0 Å². The zero-order valence-electron chi connectivity index (χ0n) is 6.49. The van der Waals surface area contributed by atoms with Gasteiger partial charge in [-0.3, -0.25) is 0 Å². The fourth-order valence-electron chi connectivity index (χ4n) is 1.11. The van der Waals surface area contributed by atoms with Crippen molar-refractivity contribution in [2.75, 3.05) is 0 Å². The van der Waals surface area contributed by atoms with Gasteiger partial charge in [-0.25, -0.2) is 0 Å². The van der Waals surface area contributed by atoms with Crippen LogP contribution in [0.5, 0.6) is 0 Å². The lowest BCUT2D eigenvalue weighted by Crippen LogP contribution is -1.93. The molecular weight excluding hydrogens is 348 g/mol. The van der Waals surface area contributed by atoms with Gasteiger partial charge in [0.15, 0.2) is 0 Å². The van der Waals surface area contributed by atoms with Gasteiger partial charge >= 0.3 is 0 Å². The monoisotopic (exact) mass is 354 g/mol. The highest BCUT2D eigenvalue weighted by Gasteiger charge is 2.04. The van der Waals surface area contributed by atoms with Gasteiger partial charge in [-0.1, -0.05) is 66.0 Å². The number of rotatable bonds is 3. The highest BCUT2D eigenvalue weighted by molar-refractivity contribution is 9.09. The van der Waals surface area contributed by atoms with E-state index in [1.165, 1.54) is 16.7 Å². The van der Waals surface area contributed by atoms with E-state index in [2.05, 4.69) is 66.0 Å². The van der Waals surface area contributed by atoms with Crippen LogP contribution in [0.3, 0.4) is 0 Å². The molecule has 0 radical (unpaired) electrons. The Labute approximate surface area is 98.1 Å². The van der Waals surface area contributed by atoms with Gasteiger partial charge in [0.2, 0.25) is 0 Å². The van der Waals surface area contributed by atoms with Crippen LogP contribution in [0.2, 0.25) is 0 Å². The van der Waals surface area contributed by atoms with Crippen molar-refractivity contribution in [3.05, 3.63) is 34.9 Å². The average Bonchev–Trinajstić information content (AvgIpc) is 2.16. The maximum Gasteiger partial charge on any atom is 0.0289 e. The van der Waals surface area contributed by atoms with E-state index < -0.39 is 0 Å². The fourth-order valence-corrected chi connectivity index (χ4v) is 2.88. The molecule has 66 valence electrons. The van der Waals surface area contributed by atoms with Crippen LogP contribution in [-0.2, 0) is 16.0 Å². The molecule has 0 spiro atoms. The normalized spacial score (nSPS) is 10.2. The van der Waals surface area contributed by atoms with Gasteiger partial charge in [0.25, 0.3) is 0 Å². The summed E-state index contributed by atoms with van der Waals surface area (Å²) in [4.78, 5) is 0. The summed E-state index contributed by atoms with van der Waals surface area (Å²) in [5, 5.41) is 2.78. The first-order valence-electron chi connectivity index (χ1n) is 3.61. The zero-order chi connectivity index (χ0) is 8.97.